The van der Waals surface area contributed by atoms with Crippen LogP contribution in [0.3, 0.4) is 0 Å². The molecular formula is C15H20N2O3. The van der Waals surface area contributed by atoms with Crippen molar-refractivity contribution in [1.82, 2.24) is 9.80 Å². The fourth-order valence-corrected chi connectivity index (χ4v) is 2.14. The molecule has 0 spiro atoms. The van der Waals surface area contributed by atoms with E-state index in [2.05, 4.69) is 0 Å². The van der Waals surface area contributed by atoms with Gasteiger partial charge in [-0.05, 0) is 31.2 Å². The third-order valence-corrected chi connectivity index (χ3v) is 3.39. The first-order valence-electron chi connectivity index (χ1n) is 6.82. The molecule has 1 aliphatic heterocycles. The number of ketones is 1. The Morgan fingerprint density at radius 1 is 1.25 bits per heavy atom. The predicted octanol–water partition coefficient (Wildman–Crippen LogP) is 1.04. The summed E-state index contributed by atoms with van der Waals surface area (Å²) in [5.74, 6) is 0.861. The number of piperazine rings is 1. The average molecular weight is 276 g/mol. The zero-order valence-corrected chi connectivity index (χ0v) is 12.0. The molecule has 0 aliphatic carbocycles. The van der Waals surface area contributed by atoms with Crippen LogP contribution in [0.5, 0.6) is 5.75 Å². The lowest BCUT2D eigenvalue weighted by Gasteiger charge is -2.31. The smallest absolute Gasteiger partial charge is 0.236 e. The molecule has 2 rings (SSSR count). The van der Waals surface area contributed by atoms with Gasteiger partial charge >= 0.3 is 0 Å². The SMILES string of the molecule is CCOc1ccc(C(=O)CN2CCN(C)C(=O)C2)cc1. The highest BCUT2D eigenvalue weighted by atomic mass is 16.5. The number of hydrogen-bond donors (Lipinski definition) is 0. The molecule has 0 radical (unpaired) electrons. The molecule has 108 valence electrons. The van der Waals surface area contributed by atoms with Crippen LogP contribution in [0.1, 0.15) is 17.3 Å². The summed E-state index contributed by atoms with van der Waals surface area (Å²) in [4.78, 5) is 27.3. The first-order chi connectivity index (χ1) is 9.60. The lowest BCUT2D eigenvalue weighted by Crippen LogP contribution is -2.49. The second kappa shape index (κ2) is 6.52. The summed E-state index contributed by atoms with van der Waals surface area (Å²) in [6.45, 7) is 4.55. The largest absolute Gasteiger partial charge is 0.494 e. The van der Waals surface area contributed by atoms with Gasteiger partial charge in [0, 0.05) is 25.7 Å². The van der Waals surface area contributed by atoms with Gasteiger partial charge < -0.3 is 9.64 Å². The van der Waals surface area contributed by atoms with Crippen LogP contribution in [0.2, 0.25) is 0 Å². The van der Waals surface area contributed by atoms with E-state index in [1.807, 2.05) is 11.8 Å². The Bertz CT molecular complexity index is 484. The number of amides is 1. The van der Waals surface area contributed by atoms with Crippen LogP contribution in [0, 0.1) is 0 Å². The Labute approximate surface area is 119 Å². The fourth-order valence-electron chi connectivity index (χ4n) is 2.14. The van der Waals surface area contributed by atoms with Crippen molar-refractivity contribution in [1.29, 1.82) is 0 Å². The zero-order valence-electron chi connectivity index (χ0n) is 12.0. The zero-order chi connectivity index (χ0) is 14.5. The molecule has 5 nitrogen and oxygen atoms in total. The van der Waals surface area contributed by atoms with Gasteiger partial charge in [-0.15, -0.1) is 0 Å². The summed E-state index contributed by atoms with van der Waals surface area (Å²) < 4.78 is 5.34. The van der Waals surface area contributed by atoms with Crippen molar-refractivity contribution in [2.75, 3.05) is 39.8 Å². The molecule has 1 saturated heterocycles. The summed E-state index contributed by atoms with van der Waals surface area (Å²) >= 11 is 0. The Morgan fingerprint density at radius 3 is 2.55 bits per heavy atom. The van der Waals surface area contributed by atoms with Gasteiger partial charge in [0.1, 0.15) is 5.75 Å². The molecule has 0 saturated carbocycles. The Kier molecular flexibility index (Phi) is 4.74. The van der Waals surface area contributed by atoms with Crippen LogP contribution in [-0.4, -0.2) is 61.3 Å². The molecule has 0 N–H and O–H groups in total. The summed E-state index contributed by atoms with van der Waals surface area (Å²) in [5.41, 5.74) is 0.653. The highest BCUT2D eigenvalue weighted by Gasteiger charge is 2.22. The first-order valence-corrected chi connectivity index (χ1v) is 6.82. The normalized spacial score (nSPS) is 16.3. The van der Waals surface area contributed by atoms with E-state index in [0.29, 0.717) is 25.3 Å². The number of nitrogens with zero attached hydrogens (tertiary/aromatic N) is 2. The molecule has 1 heterocycles. The molecule has 1 aromatic rings. The van der Waals surface area contributed by atoms with Gasteiger partial charge in [-0.2, -0.15) is 0 Å². The number of benzene rings is 1. The molecule has 5 heteroatoms. The van der Waals surface area contributed by atoms with Gasteiger partial charge in [-0.25, -0.2) is 0 Å². The molecule has 0 aromatic heterocycles. The lowest BCUT2D eigenvalue weighted by molar-refractivity contribution is -0.134. The van der Waals surface area contributed by atoms with Crippen molar-refractivity contribution in [2.45, 2.75) is 6.92 Å². The highest BCUT2D eigenvalue weighted by Crippen LogP contribution is 2.13. The molecule has 20 heavy (non-hydrogen) atoms. The Balaban J connectivity index is 1.93. The molecule has 1 aliphatic rings. The van der Waals surface area contributed by atoms with E-state index in [9.17, 15) is 9.59 Å². The number of Topliss-reactive ketones (excluding diaryl/α,β-unsaturated/α-hetero) is 1. The van der Waals surface area contributed by atoms with Crippen molar-refractivity contribution < 1.29 is 14.3 Å². The molecule has 0 bridgehead atoms. The first kappa shape index (κ1) is 14.5. The fraction of sp³-hybridized carbons (Fsp3) is 0.467. The minimum Gasteiger partial charge on any atom is -0.494 e. The van der Waals surface area contributed by atoms with Crippen molar-refractivity contribution in [3.05, 3.63) is 29.8 Å². The van der Waals surface area contributed by atoms with Gasteiger partial charge in [-0.3, -0.25) is 14.5 Å². The minimum absolute atomic E-state index is 0.0328. The van der Waals surface area contributed by atoms with E-state index < -0.39 is 0 Å². The van der Waals surface area contributed by atoms with Crippen LogP contribution in [0.15, 0.2) is 24.3 Å². The highest BCUT2D eigenvalue weighted by molar-refractivity contribution is 5.98. The van der Waals surface area contributed by atoms with E-state index >= 15 is 0 Å². The topological polar surface area (TPSA) is 49.9 Å². The van der Waals surface area contributed by atoms with E-state index in [4.69, 9.17) is 4.74 Å². The molecule has 1 amide bonds. The molecular weight excluding hydrogens is 256 g/mol. The van der Waals surface area contributed by atoms with Crippen molar-refractivity contribution in [3.63, 3.8) is 0 Å². The summed E-state index contributed by atoms with van der Waals surface area (Å²) in [6, 6.07) is 7.13. The average Bonchev–Trinajstić information content (AvgIpc) is 2.44. The van der Waals surface area contributed by atoms with Crippen molar-refractivity contribution in [2.24, 2.45) is 0 Å². The number of carbonyl (C=O) groups is 2. The van der Waals surface area contributed by atoms with Crippen LogP contribution >= 0.6 is 0 Å². The predicted molar refractivity (Wildman–Crippen MR) is 76.0 cm³/mol. The number of ether oxygens (including phenoxy) is 1. The number of hydrogen-bond acceptors (Lipinski definition) is 4. The van der Waals surface area contributed by atoms with Gasteiger partial charge in [-0.1, -0.05) is 0 Å². The number of likely N-dealkylation sites (N-methyl/N-ethyl adjacent to an activating group) is 1. The molecule has 0 atom stereocenters. The lowest BCUT2D eigenvalue weighted by atomic mass is 10.1. The molecule has 0 unspecified atom stereocenters. The number of rotatable bonds is 5. The van der Waals surface area contributed by atoms with Crippen molar-refractivity contribution in [3.8, 4) is 5.75 Å². The van der Waals surface area contributed by atoms with Crippen LogP contribution in [0.4, 0.5) is 0 Å². The number of carbonyl (C=O) groups excluding carboxylic acids is 2. The van der Waals surface area contributed by atoms with Crippen LogP contribution < -0.4 is 4.74 Å². The Morgan fingerprint density at radius 2 is 1.95 bits per heavy atom. The summed E-state index contributed by atoms with van der Waals surface area (Å²) in [6.07, 6.45) is 0. The maximum atomic E-state index is 12.2. The minimum atomic E-state index is 0.0328. The Hall–Kier alpha value is -1.88. The van der Waals surface area contributed by atoms with E-state index in [0.717, 1.165) is 12.3 Å². The van der Waals surface area contributed by atoms with E-state index in [-0.39, 0.29) is 18.2 Å². The summed E-state index contributed by atoms with van der Waals surface area (Å²) in [5, 5.41) is 0. The maximum absolute atomic E-state index is 12.2. The maximum Gasteiger partial charge on any atom is 0.236 e. The standard InChI is InChI=1S/C15H20N2O3/c1-3-20-13-6-4-12(5-7-13)14(18)10-17-9-8-16(2)15(19)11-17/h4-7H,3,8-11H2,1-2H3. The van der Waals surface area contributed by atoms with Crippen LogP contribution in [0.25, 0.3) is 0 Å². The van der Waals surface area contributed by atoms with Gasteiger partial charge in [0.25, 0.3) is 0 Å². The van der Waals surface area contributed by atoms with Crippen LogP contribution in [-0.2, 0) is 4.79 Å². The quantitative estimate of drug-likeness (QED) is 0.754. The van der Waals surface area contributed by atoms with E-state index in [1.54, 1.807) is 36.2 Å². The monoisotopic (exact) mass is 276 g/mol. The third-order valence-electron chi connectivity index (χ3n) is 3.39. The van der Waals surface area contributed by atoms with Gasteiger partial charge in [0.05, 0.1) is 19.7 Å². The molecule has 1 aromatic carbocycles. The summed E-state index contributed by atoms with van der Waals surface area (Å²) in [7, 11) is 1.79. The van der Waals surface area contributed by atoms with Gasteiger partial charge in [0.2, 0.25) is 5.91 Å². The van der Waals surface area contributed by atoms with Crippen molar-refractivity contribution >= 4 is 11.7 Å². The second-order valence-electron chi connectivity index (χ2n) is 4.91. The van der Waals surface area contributed by atoms with E-state index in [1.165, 1.54) is 0 Å². The third kappa shape index (κ3) is 3.57. The van der Waals surface area contributed by atoms with Gasteiger partial charge in [0.15, 0.2) is 5.78 Å². The molecule has 1 fully saturated rings. The second-order valence-corrected chi connectivity index (χ2v) is 4.91.